The molecule has 0 fully saturated rings. The van der Waals surface area contributed by atoms with E-state index in [4.69, 9.17) is 0 Å². The second-order valence-electron chi connectivity index (χ2n) is 2.85. The Hall–Kier alpha value is -1.71. The zero-order valence-corrected chi connectivity index (χ0v) is 7.25. The molecule has 0 atom stereocenters. The summed E-state index contributed by atoms with van der Waals surface area (Å²) in [6.07, 6.45) is 8.35. The lowest BCUT2D eigenvalue weighted by Crippen LogP contribution is -2.03. The van der Waals surface area contributed by atoms with Gasteiger partial charge in [0, 0.05) is 37.3 Å². The fraction of sp³-hybridized carbons (Fsp3) is 0.222. The van der Waals surface area contributed by atoms with Crippen molar-refractivity contribution in [3.05, 3.63) is 36.7 Å². The van der Waals surface area contributed by atoms with Gasteiger partial charge >= 0.3 is 0 Å². The van der Waals surface area contributed by atoms with Gasteiger partial charge in [-0.05, 0) is 6.07 Å². The highest BCUT2D eigenvalue weighted by molar-refractivity contribution is 5.40. The molecule has 0 unspecified atom stereocenters. The van der Waals surface area contributed by atoms with Crippen LogP contribution < -0.4 is 5.32 Å². The van der Waals surface area contributed by atoms with Crippen molar-refractivity contribution in [2.24, 2.45) is 0 Å². The smallest absolute Gasteiger partial charge is 0.0921 e. The van der Waals surface area contributed by atoms with E-state index in [1.165, 1.54) is 0 Å². The van der Waals surface area contributed by atoms with Gasteiger partial charge in [-0.15, -0.1) is 0 Å². The van der Waals surface area contributed by atoms with Crippen molar-refractivity contribution in [1.29, 1.82) is 0 Å². The number of nitrogens with one attached hydrogen (secondary N) is 3. The summed E-state index contributed by atoms with van der Waals surface area (Å²) in [5, 5.41) is 3.28. The topological polar surface area (TPSA) is 56.5 Å². The third-order valence-electron chi connectivity index (χ3n) is 1.88. The van der Waals surface area contributed by atoms with Crippen molar-refractivity contribution in [2.45, 2.75) is 6.42 Å². The lowest BCUT2D eigenvalue weighted by atomic mass is 10.3. The van der Waals surface area contributed by atoms with Gasteiger partial charge in [-0.3, -0.25) is 0 Å². The van der Waals surface area contributed by atoms with E-state index < -0.39 is 0 Å². The molecule has 0 aliphatic heterocycles. The number of aromatic nitrogens is 3. The zero-order chi connectivity index (χ0) is 8.93. The highest BCUT2D eigenvalue weighted by atomic mass is 14.9. The summed E-state index contributed by atoms with van der Waals surface area (Å²) >= 11 is 0. The number of hydrogen-bond donors (Lipinski definition) is 3. The maximum absolute atomic E-state index is 3.95. The van der Waals surface area contributed by atoms with E-state index in [1.54, 1.807) is 6.33 Å². The molecule has 0 saturated carbocycles. The average molecular weight is 176 g/mol. The molecule has 0 aliphatic rings. The molecule has 2 aromatic heterocycles. The van der Waals surface area contributed by atoms with Gasteiger partial charge in [0.15, 0.2) is 0 Å². The number of H-pyrrole nitrogens is 2. The molecule has 3 N–H and O–H groups in total. The first kappa shape index (κ1) is 7.91. The molecule has 4 heteroatoms. The van der Waals surface area contributed by atoms with Crippen LogP contribution in [-0.4, -0.2) is 21.5 Å². The van der Waals surface area contributed by atoms with Crippen molar-refractivity contribution < 1.29 is 0 Å². The Balaban J connectivity index is 1.76. The summed E-state index contributed by atoms with van der Waals surface area (Å²) in [5.74, 6) is 0. The molecule has 0 aromatic carbocycles. The van der Waals surface area contributed by atoms with Crippen molar-refractivity contribution in [2.75, 3.05) is 11.9 Å². The Kier molecular flexibility index (Phi) is 2.31. The molecule has 0 saturated heterocycles. The largest absolute Gasteiger partial charge is 0.383 e. The van der Waals surface area contributed by atoms with Crippen LogP contribution in [0, 0.1) is 0 Å². The average Bonchev–Trinajstić information content (AvgIpc) is 2.75. The fourth-order valence-electron chi connectivity index (χ4n) is 1.20. The molecule has 2 rings (SSSR count). The predicted octanol–water partition coefficient (Wildman–Crippen LogP) is 1.39. The van der Waals surface area contributed by atoms with E-state index in [1.807, 2.05) is 24.7 Å². The monoisotopic (exact) mass is 176 g/mol. The molecular formula is C9H12N4. The molecule has 0 radical (unpaired) electrons. The molecular weight excluding hydrogens is 164 g/mol. The van der Waals surface area contributed by atoms with Crippen LogP contribution in [0.1, 0.15) is 5.69 Å². The van der Waals surface area contributed by atoms with Crippen LogP contribution in [0.15, 0.2) is 31.0 Å². The van der Waals surface area contributed by atoms with Gasteiger partial charge in [0.25, 0.3) is 0 Å². The van der Waals surface area contributed by atoms with Gasteiger partial charge in [0.1, 0.15) is 0 Å². The standard InChI is InChI=1S/C9H12N4/c1-3-10-5-8(1)12-4-2-9-6-11-7-13-9/h1,3,5-7,10,12H,2,4H2,(H,11,13). The van der Waals surface area contributed by atoms with Crippen LogP contribution in [0.5, 0.6) is 0 Å². The highest BCUT2D eigenvalue weighted by Gasteiger charge is 1.93. The van der Waals surface area contributed by atoms with E-state index in [9.17, 15) is 0 Å². The molecule has 2 aromatic rings. The van der Waals surface area contributed by atoms with Crippen molar-refractivity contribution >= 4 is 5.69 Å². The Morgan fingerprint density at radius 1 is 1.46 bits per heavy atom. The minimum absolute atomic E-state index is 0.917. The van der Waals surface area contributed by atoms with E-state index >= 15 is 0 Å². The van der Waals surface area contributed by atoms with Crippen LogP contribution in [0.25, 0.3) is 0 Å². The first-order chi connectivity index (χ1) is 6.45. The molecule has 0 bridgehead atoms. The van der Waals surface area contributed by atoms with E-state index in [0.29, 0.717) is 0 Å². The molecule has 2 heterocycles. The Labute approximate surface area is 76.4 Å². The van der Waals surface area contributed by atoms with Gasteiger partial charge in [-0.1, -0.05) is 0 Å². The molecule has 4 nitrogen and oxygen atoms in total. The molecule has 13 heavy (non-hydrogen) atoms. The van der Waals surface area contributed by atoms with Crippen molar-refractivity contribution in [1.82, 2.24) is 15.0 Å². The number of imidazole rings is 1. The predicted molar refractivity (Wildman–Crippen MR) is 51.6 cm³/mol. The normalized spacial score (nSPS) is 10.2. The summed E-state index contributed by atoms with van der Waals surface area (Å²) in [6, 6.07) is 2.01. The van der Waals surface area contributed by atoms with Gasteiger partial charge in [0.2, 0.25) is 0 Å². The van der Waals surface area contributed by atoms with E-state index in [0.717, 1.165) is 24.3 Å². The highest BCUT2D eigenvalue weighted by Crippen LogP contribution is 2.03. The first-order valence-electron chi connectivity index (χ1n) is 4.29. The molecule has 0 amide bonds. The summed E-state index contributed by atoms with van der Waals surface area (Å²) in [5.41, 5.74) is 2.28. The quantitative estimate of drug-likeness (QED) is 0.659. The van der Waals surface area contributed by atoms with Crippen LogP contribution in [0.2, 0.25) is 0 Å². The maximum Gasteiger partial charge on any atom is 0.0921 e. The van der Waals surface area contributed by atoms with E-state index in [-0.39, 0.29) is 0 Å². The fourth-order valence-corrected chi connectivity index (χ4v) is 1.20. The maximum atomic E-state index is 3.95. The number of nitrogens with zero attached hydrogens (tertiary/aromatic N) is 1. The number of aromatic amines is 2. The second-order valence-corrected chi connectivity index (χ2v) is 2.85. The Morgan fingerprint density at radius 3 is 3.15 bits per heavy atom. The third kappa shape index (κ3) is 2.11. The lowest BCUT2D eigenvalue weighted by molar-refractivity contribution is 0.977. The third-order valence-corrected chi connectivity index (χ3v) is 1.88. The summed E-state index contributed by atoms with van der Waals surface area (Å²) < 4.78 is 0. The molecule has 0 spiro atoms. The summed E-state index contributed by atoms with van der Waals surface area (Å²) in [7, 11) is 0. The summed E-state index contributed by atoms with van der Waals surface area (Å²) in [4.78, 5) is 10.00. The molecule has 0 aliphatic carbocycles. The zero-order valence-electron chi connectivity index (χ0n) is 7.25. The Morgan fingerprint density at radius 2 is 2.46 bits per heavy atom. The van der Waals surface area contributed by atoms with Gasteiger partial charge < -0.3 is 15.3 Å². The second kappa shape index (κ2) is 3.80. The molecule has 68 valence electrons. The van der Waals surface area contributed by atoms with Crippen LogP contribution in [0.3, 0.4) is 0 Å². The van der Waals surface area contributed by atoms with Crippen LogP contribution in [0.4, 0.5) is 5.69 Å². The minimum Gasteiger partial charge on any atom is -0.383 e. The van der Waals surface area contributed by atoms with Gasteiger partial charge in [-0.25, -0.2) is 4.98 Å². The van der Waals surface area contributed by atoms with Crippen LogP contribution in [-0.2, 0) is 6.42 Å². The van der Waals surface area contributed by atoms with Crippen LogP contribution >= 0.6 is 0 Å². The Bertz CT molecular complexity index is 288. The van der Waals surface area contributed by atoms with Crippen molar-refractivity contribution in [3.63, 3.8) is 0 Å². The SMILES string of the molecule is c1cc(NCCc2cnc[nH]2)c[nH]1. The van der Waals surface area contributed by atoms with Crippen molar-refractivity contribution in [3.8, 4) is 0 Å². The first-order valence-corrected chi connectivity index (χ1v) is 4.29. The van der Waals surface area contributed by atoms with E-state index in [2.05, 4.69) is 20.3 Å². The van der Waals surface area contributed by atoms with Gasteiger partial charge in [-0.2, -0.15) is 0 Å². The minimum atomic E-state index is 0.917. The number of anilines is 1. The lowest BCUT2D eigenvalue weighted by Gasteiger charge is -2.00. The number of rotatable bonds is 4. The summed E-state index contributed by atoms with van der Waals surface area (Å²) in [6.45, 7) is 0.917. The number of hydrogen-bond acceptors (Lipinski definition) is 2. The van der Waals surface area contributed by atoms with Gasteiger partial charge in [0.05, 0.1) is 12.0 Å².